The van der Waals surface area contributed by atoms with Crippen molar-refractivity contribution in [2.75, 3.05) is 7.05 Å². The smallest absolute Gasteiger partial charge is 0.146 e. The number of benzene rings is 1. The van der Waals surface area contributed by atoms with Gasteiger partial charge in [0.25, 0.3) is 0 Å². The Bertz CT molecular complexity index is 546. The average molecular weight is 372 g/mol. The van der Waals surface area contributed by atoms with Gasteiger partial charge in [-0.15, -0.1) is 0 Å². The summed E-state index contributed by atoms with van der Waals surface area (Å²) in [7, 11) is 1.91. The molecule has 0 aliphatic carbocycles. The van der Waals surface area contributed by atoms with Crippen LogP contribution in [0.15, 0.2) is 45.6 Å². The van der Waals surface area contributed by atoms with Crippen LogP contribution >= 0.6 is 31.9 Å². The van der Waals surface area contributed by atoms with Crippen molar-refractivity contribution in [3.8, 4) is 11.5 Å². The fourth-order valence-corrected chi connectivity index (χ4v) is 2.22. The number of aromatic nitrogens is 1. The van der Waals surface area contributed by atoms with Gasteiger partial charge in [0.05, 0.1) is 6.20 Å². The zero-order valence-corrected chi connectivity index (χ0v) is 13.0. The van der Waals surface area contributed by atoms with Gasteiger partial charge in [0.15, 0.2) is 0 Å². The number of halogens is 2. The Labute approximate surface area is 123 Å². The Morgan fingerprint density at radius 1 is 1.17 bits per heavy atom. The largest absolute Gasteiger partial charge is 0.455 e. The maximum absolute atomic E-state index is 5.86. The van der Waals surface area contributed by atoms with Crippen LogP contribution in [0.4, 0.5) is 0 Å². The molecule has 0 unspecified atom stereocenters. The molecule has 0 fully saturated rings. The minimum absolute atomic E-state index is 0.708. The summed E-state index contributed by atoms with van der Waals surface area (Å²) < 4.78 is 7.74. The number of rotatable bonds is 4. The summed E-state index contributed by atoms with van der Waals surface area (Å²) in [6, 6.07) is 7.87. The SMILES string of the molecule is CNCc1ccc(Br)cc1Oc1cncc(Br)c1. The average Bonchev–Trinajstić information content (AvgIpc) is 2.33. The first-order chi connectivity index (χ1) is 8.69. The molecule has 0 aliphatic rings. The Balaban J connectivity index is 2.29. The van der Waals surface area contributed by atoms with Crippen LogP contribution in [0.2, 0.25) is 0 Å². The number of nitrogens with one attached hydrogen (secondary N) is 1. The van der Waals surface area contributed by atoms with Crippen molar-refractivity contribution < 1.29 is 4.74 Å². The van der Waals surface area contributed by atoms with Crippen LogP contribution in [-0.4, -0.2) is 12.0 Å². The Kier molecular flexibility index (Phi) is 4.74. The van der Waals surface area contributed by atoms with Crippen molar-refractivity contribution >= 4 is 31.9 Å². The molecule has 0 bridgehead atoms. The molecular formula is C13H12Br2N2O. The van der Waals surface area contributed by atoms with Gasteiger partial charge in [0.1, 0.15) is 11.5 Å². The summed E-state index contributed by atoms with van der Waals surface area (Å²) in [5.41, 5.74) is 1.10. The van der Waals surface area contributed by atoms with Crippen LogP contribution in [0.1, 0.15) is 5.56 Å². The maximum atomic E-state index is 5.86. The Morgan fingerprint density at radius 3 is 2.72 bits per heavy atom. The first kappa shape index (κ1) is 13.5. The van der Waals surface area contributed by atoms with Crippen molar-refractivity contribution in [1.29, 1.82) is 0 Å². The summed E-state index contributed by atoms with van der Waals surface area (Å²) in [5.74, 6) is 1.53. The minimum atomic E-state index is 0.708. The molecule has 0 saturated heterocycles. The summed E-state index contributed by atoms with van der Waals surface area (Å²) >= 11 is 6.83. The molecule has 0 spiro atoms. The molecule has 0 saturated carbocycles. The van der Waals surface area contributed by atoms with E-state index in [0.29, 0.717) is 5.75 Å². The van der Waals surface area contributed by atoms with Crippen LogP contribution in [0.5, 0.6) is 11.5 Å². The molecule has 0 radical (unpaired) electrons. The molecule has 1 aromatic carbocycles. The number of ether oxygens (including phenoxy) is 1. The van der Waals surface area contributed by atoms with Gasteiger partial charge in [-0.1, -0.05) is 22.0 Å². The van der Waals surface area contributed by atoms with Crippen LogP contribution in [0.3, 0.4) is 0 Å². The third kappa shape index (κ3) is 3.54. The summed E-state index contributed by atoms with van der Waals surface area (Å²) in [5, 5.41) is 3.12. The van der Waals surface area contributed by atoms with E-state index in [0.717, 1.165) is 26.8 Å². The van der Waals surface area contributed by atoms with E-state index in [4.69, 9.17) is 4.74 Å². The molecule has 3 nitrogen and oxygen atoms in total. The van der Waals surface area contributed by atoms with Crippen molar-refractivity contribution in [1.82, 2.24) is 10.3 Å². The van der Waals surface area contributed by atoms with E-state index in [-0.39, 0.29) is 0 Å². The van der Waals surface area contributed by atoms with Crippen molar-refractivity contribution in [3.63, 3.8) is 0 Å². The third-order valence-electron chi connectivity index (χ3n) is 2.30. The highest BCUT2D eigenvalue weighted by Crippen LogP contribution is 2.29. The second-order valence-corrected chi connectivity index (χ2v) is 5.55. The lowest BCUT2D eigenvalue weighted by molar-refractivity contribution is 0.471. The van der Waals surface area contributed by atoms with Crippen molar-refractivity contribution in [2.24, 2.45) is 0 Å². The van der Waals surface area contributed by atoms with Gasteiger partial charge in [-0.05, 0) is 41.2 Å². The van der Waals surface area contributed by atoms with Gasteiger partial charge in [0.2, 0.25) is 0 Å². The van der Waals surface area contributed by atoms with Gasteiger partial charge in [0, 0.05) is 27.3 Å². The normalized spacial score (nSPS) is 10.4. The first-order valence-corrected chi connectivity index (χ1v) is 6.99. The van der Waals surface area contributed by atoms with Crippen LogP contribution in [-0.2, 0) is 6.54 Å². The zero-order chi connectivity index (χ0) is 13.0. The highest BCUT2D eigenvalue weighted by molar-refractivity contribution is 9.10. The van der Waals surface area contributed by atoms with Gasteiger partial charge >= 0.3 is 0 Å². The van der Waals surface area contributed by atoms with E-state index < -0.39 is 0 Å². The molecule has 2 rings (SSSR count). The second kappa shape index (κ2) is 6.31. The van der Waals surface area contributed by atoms with Crippen molar-refractivity contribution in [3.05, 3.63) is 51.2 Å². The minimum Gasteiger partial charge on any atom is -0.455 e. The number of hydrogen-bond donors (Lipinski definition) is 1. The highest BCUT2D eigenvalue weighted by atomic mass is 79.9. The molecule has 0 atom stereocenters. The first-order valence-electron chi connectivity index (χ1n) is 5.40. The molecule has 1 aromatic heterocycles. The topological polar surface area (TPSA) is 34.1 Å². The monoisotopic (exact) mass is 370 g/mol. The lowest BCUT2D eigenvalue weighted by atomic mass is 10.2. The van der Waals surface area contributed by atoms with E-state index >= 15 is 0 Å². The summed E-state index contributed by atoms with van der Waals surface area (Å²) in [4.78, 5) is 4.08. The molecular weight excluding hydrogens is 360 g/mol. The fraction of sp³-hybridized carbons (Fsp3) is 0.154. The molecule has 0 amide bonds. The quantitative estimate of drug-likeness (QED) is 0.877. The van der Waals surface area contributed by atoms with Gasteiger partial charge in [-0.3, -0.25) is 4.98 Å². The summed E-state index contributed by atoms with van der Waals surface area (Å²) in [6.45, 7) is 0.754. The third-order valence-corrected chi connectivity index (χ3v) is 3.23. The number of nitrogens with zero attached hydrogens (tertiary/aromatic N) is 1. The van der Waals surface area contributed by atoms with Crippen LogP contribution < -0.4 is 10.1 Å². The van der Waals surface area contributed by atoms with Gasteiger partial charge in [-0.25, -0.2) is 0 Å². The molecule has 0 aliphatic heterocycles. The van der Waals surface area contributed by atoms with Crippen LogP contribution in [0.25, 0.3) is 0 Å². The van der Waals surface area contributed by atoms with E-state index in [1.165, 1.54) is 0 Å². The molecule has 94 valence electrons. The molecule has 5 heteroatoms. The number of hydrogen-bond acceptors (Lipinski definition) is 3. The number of pyridine rings is 1. The van der Waals surface area contributed by atoms with E-state index in [9.17, 15) is 0 Å². The van der Waals surface area contributed by atoms with Gasteiger partial charge in [-0.2, -0.15) is 0 Å². The van der Waals surface area contributed by atoms with E-state index in [2.05, 4.69) is 42.2 Å². The van der Waals surface area contributed by atoms with Crippen molar-refractivity contribution in [2.45, 2.75) is 6.54 Å². The fourth-order valence-electron chi connectivity index (χ4n) is 1.54. The lowest BCUT2D eigenvalue weighted by Crippen LogP contribution is -2.06. The lowest BCUT2D eigenvalue weighted by Gasteiger charge is -2.11. The second-order valence-electron chi connectivity index (χ2n) is 3.72. The predicted octanol–water partition coefficient (Wildman–Crippen LogP) is 4.12. The molecule has 2 aromatic rings. The Hall–Kier alpha value is -0.910. The highest BCUT2D eigenvalue weighted by Gasteiger charge is 2.06. The predicted molar refractivity (Wildman–Crippen MR) is 78.9 cm³/mol. The maximum Gasteiger partial charge on any atom is 0.146 e. The summed E-state index contributed by atoms with van der Waals surface area (Å²) in [6.07, 6.45) is 3.41. The standard InChI is InChI=1S/C13H12Br2N2O/c1-16-6-9-2-3-10(14)5-13(9)18-12-4-11(15)7-17-8-12/h2-5,7-8,16H,6H2,1H3. The zero-order valence-electron chi connectivity index (χ0n) is 9.78. The van der Waals surface area contributed by atoms with Crippen LogP contribution in [0, 0.1) is 0 Å². The molecule has 18 heavy (non-hydrogen) atoms. The Morgan fingerprint density at radius 2 is 2.00 bits per heavy atom. The van der Waals surface area contributed by atoms with E-state index in [1.807, 2.05) is 31.3 Å². The molecule has 1 heterocycles. The van der Waals surface area contributed by atoms with Gasteiger partial charge < -0.3 is 10.1 Å². The van der Waals surface area contributed by atoms with E-state index in [1.54, 1.807) is 12.4 Å². The molecule has 1 N–H and O–H groups in total.